The summed E-state index contributed by atoms with van der Waals surface area (Å²) in [6.45, 7) is 17.8. The zero-order chi connectivity index (χ0) is 18.3. The van der Waals surface area contributed by atoms with Crippen LogP contribution in [-0.2, 0) is 10.0 Å². The Morgan fingerprint density at radius 2 is 1.58 bits per heavy atom. The summed E-state index contributed by atoms with van der Waals surface area (Å²) in [5.41, 5.74) is 0.303. The number of piperidine rings is 2. The normalized spacial score (nSPS) is 32.0. The van der Waals surface area contributed by atoms with Crippen molar-refractivity contribution in [3.63, 3.8) is 0 Å². The van der Waals surface area contributed by atoms with Gasteiger partial charge in [-0.15, -0.1) is 0 Å². The van der Waals surface area contributed by atoms with Crippen molar-refractivity contribution in [1.29, 1.82) is 0 Å². The van der Waals surface area contributed by atoms with Crippen molar-refractivity contribution in [3.05, 3.63) is 0 Å². The van der Waals surface area contributed by atoms with Crippen LogP contribution in [0.5, 0.6) is 0 Å². The van der Waals surface area contributed by atoms with E-state index in [9.17, 15) is 8.42 Å². The third kappa shape index (κ3) is 4.34. The first-order valence-electron chi connectivity index (χ1n) is 9.59. The molecule has 3 atom stereocenters. The van der Waals surface area contributed by atoms with Crippen LogP contribution in [0.15, 0.2) is 0 Å². The third-order valence-electron chi connectivity index (χ3n) is 6.11. The first-order valence-corrected chi connectivity index (χ1v) is 11.1. The molecule has 0 amide bonds. The second-order valence-electron chi connectivity index (χ2n) is 9.97. The van der Waals surface area contributed by atoms with Gasteiger partial charge in [-0.3, -0.25) is 4.90 Å². The minimum atomic E-state index is -3.20. The summed E-state index contributed by atoms with van der Waals surface area (Å²) in [4.78, 5) is 2.34. The molecule has 2 heterocycles. The summed E-state index contributed by atoms with van der Waals surface area (Å²) in [6.07, 6.45) is 3.76. The molecule has 0 spiro atoms. The number of nitrogens with zero attached hydrogens (tertiary/aromatic N) is 2. The highest BCUT2D eigenvalue weighted by Crippen LogP contribution is 2.38. The Morgan fingerprint density at radius 3 is 2.08 bits per heavy atom. The summed E-state index contributed by atoms with van der Waals surface area (Å²) in [5, 5.41) is -0.237. The predicted octanol–water partition coefficient (Wildman–Crippen LogP) is 3.73. The number of hydrogen-bond donors (Lipinski definition) is 0. The first-order chi connectivity index (χ1) is 10.8. The SMILES string of the molecule is CC1CC(C(C)(C)C)CCN1S(=O)(=O)C1CCCN(C(C)(C)C)C1. The number of rotatable bonds is 2. The average Bonchev–Trinajstić information content (AvgIpc) is 2.45. The molecule has 2 saturated heterocycles. The fourth-order valence-corrected chi connectivity index (χ4v) is 6.46. The van der Waals surface area contributed by atoms with Crippen LogP contribution in [-0.4, -0.2) is 54.1 Å². The molecule has 2 fully saturated rings. The molecule has 2 aliphatic rings. The lowest BCUT2D eigenvalue weighted by Crippen LogP contribution is -2.56. The monoisotopic (exact) mass is 358 g/mol. The molecule has 0 radical (unpaired) electrons. The van der Waals surface area contributed by atoms with E-state index in [0.29, 0.717) is 19.0 Å². The largest absolute Gasteiger partial charge is 0.297 e. The quantitative estimate of drug-likeness (QED) is 0.755. The van der Waals surface area contributed by atoms with Crippen LogP contribution < -0.4 is 0 Å². The predicted molar refractivity (Wildman–Crippen MR) is 102 cm³/mol. The van der Waals surface area contributed by atoms with Crippen LogP contribution in [0, 0.1) is 11.3 Å². The summed E-state index contributed by atoms with van der Waals surface area (Å²) >= 11 is 0. The van der Waals surface area contributed by atoms with Crippen LogP contribution in [0.4, 0.5) is 0 Å². The van der Waals surface area contributed by atoms with Gasteiger partial charge in [-0.1, -0.05) is 20.8 Å². The first kappa shape index (κ1) is 20.2. The maximum absolute atomic E-state index is 13.3. The third-order valence-corrected chi connectivity index (χ3v) is 8.54. The van der Waals surface area contributed by atoms with Crippen LogP contribution >= 0.6 is 0 Å². The van der Waals surface area contributed by atoms with Crippen LogP contribution in [0.2, 0.25) is 0 Å². The number of likely N-dealkylation sites (tertiary alicyclic amines) is 1. The van der Waals surface area contributed by atoms with Crippen LogP contribution in [0.3, 0.4) is 0 Å². The average molecular weight is 359 g/mol. The van der Waals surface area contributed by atoms with Crippen LogP contribution in [0.1, 0.15) is 74.1 Å². The van der Waals surface area contributed by atoms with Crippen molar-refractivity contribution in [2.75, 3.05) is 19.6 Å². The van der Waals surface area contributed by atoms with Crippen molar-refractivity contribution in [2.24, 2.45) is 11.3 Å². The molecule has 0 aliphatic carbocycles. The molecule has 0 aromatic carbocycles. The van der Waals surface area contributed by atoms with Gasteiger partial charge in [0.2, 0.25) is 10.0 Å². The van der Waals surface area contributed by atoms with E-state index in [4.69, 9.17) is 0 Å². The Kier molecular flexibility index (Phi) is 5.79. The Labute approximate surface area is 150 Å². The van der Waals surface area contributed by atoms with Gasteiger partial charge in [0, 0.05) is 24.7 Å². The van der Waals surface area contributed by atoms with Gasteiger partial charge in [-0.25, -0.2) is 8.42 Å². The molecular formula is C19H38N2O2S. The molecule has 5 heteroatoms. The summed E-state index contributed by atoms with van der Waals surface area (Å²) in [5.74, 6) is 0.608. The van der Waals surface area contributed by atoms with E-state index in [1.54, 1.807) is 0 Å². The van der Waals surface area contributed by atoms with Crippen molar-refractivity contribution >= 4 is 10.0 Å². The Hall–Kier alpha value is -0.130. The molecule has 0 aromatic rings. The van der Waals surface area contributed by atoms with Gasteiger partial charge in [-0.2, -0.15) is 4.31 Å². The molecular weight excluding hydrogens is 320 g/mol. The molecule has 0 aromatic heterocycles. The van der Waals surface area contributed by atoms with E-state index in [1.807, 2.05) is 4.31 Å². The lowest BCUT2D eigenvalue weighted by Gasteiger charge is -2.46. The molecule has 0 saturated carbocycles. The Bertz CT molecular complexity index is 531. The van der Waals surface area contributed by atoms with E-state index in [0.717, 1.165) is 32.2 Å². The molecule has 0 bridgehead atoms. The fraction of sp³-hybridized carbons (Fsp3) is 1.00. The van der Waals surface area contributed by atoms with Gasteiger partial charge < -0.3 is 0 Å². The lowest BCUT2D eigenvalue weighted by molar-refractivity contribution is 0.103. The minimum Gasteiger partial charge on any atom is -0.297 e. The molecule has 0 N–H and O–H groups in total. The summed E-state index contributed by atoms with van der Waals surface area (Å²) in [7, 11) is -3.20. The zero-order valence-electron chi connectivity index (χ0n) is 16.8. The van der Waals surface area contributed by atoms with Gasteiger partial charge in [-0.05, 0) is 71.3 Å². The molecule has 2 aliphatic heterocycles. The maximum Gasteiger partial charge on any atom is 0.218 e. The Morgan fingerprint density at radius 1 is 0.958 bits per heavy atom. The summed E-state index contributed by atoms with van der Waals surface area (Å²) in [6, 6.07) is 0.123. The van der Waals surface area contributed by atoms with Gasteiger partial charge in [0.25, 0.3) is 0 Å². The van der Waals surface area contributed by atoms with Gasteiger partial charge in [0.1, 0.15) is 0 Å². The van der Waals surface area contributed by atoms with E-state index >= 15 is 0 Å². The standard InChI is InChI=1S/C19H38N2O2S/c1-15-13-16(18(2,3)4)10-12-21(15)24(22,23)17-9-8-11-20(14-17)19(5,6)7/h15-17H,8-14H2,1-7H3. The van der Waals surface area contributed by atoms with Crippen molar-refractivity contribution in [1.82, 2.24) is 9.21 Å². The second kappa shape index (κ2) is 6.88. The van der Waals surface area contributed by atoms with Crippen molar-refractivity contribution in [2.45, 2.75) is 91.0 Å². The number of hydrogen-bond acceptors (Lipinski definition) is 3. The van der Waals surface area contributed by atoms with E-state index in [1.165, 1.54) is 0 Å². The van der Waals surface area contributed by atoms with Crippen molar-refractivity contribution < 1.29 is 8.42 Å². The minimum absolute atomic E-state index is 0.0407. The van der Waals surface area contributed by atoms with Crippen LogP contribution in [0.25, 0.3) is 0 Å². The highest BCUT2D eigenvalue weighted by atomic mass is 32.2. The Balaban J connectivity index is 2.10. The highest BCUT2D eigenvalue weighted by Gasteiger charge is 2.43. The molecule has 24 heavy (non-hydrogen) atoms. The summed E-state index contributed by atoms with van der Waals surface area (Å²) < 4.78 is 28.4. The second-order valence-corrected chi connectivity index (χ2v) is 12.1. The van der Waals surface area contributed by atoms with Gasteiger partial charge in [0.15, 0.2) is 0 Å². The molecule has 3 unspecified atom stereocenters. The molecule has 142 valence electrons. The number of sulfonamides is 1. The lowest BCUT2D eigenvalue weighted by atomic mass is 9.74. The van der Waals surface area contributed by atoms with Gasteiger partial charge >= 0.3 is 0 Å². The molecule has 4 nitrogen and oxygen atoms in total. The smallest absolute Gasteiger partial charge is 0.218 e. The van der Waals surface area contributed by atoms with Crippen molar-refractivity contribution in [3.8, 4) is 0 Å². The maximum atomic E-state index is 13.3. The zero-order valence-corrected chi connectivity index (χ0v) is 17.6. The van der Waals surface area contributed by atoms with E-state index < -0.39 is 10.0 Å². The molecule has 2 rings (SSSR count). The van der Waals surface area contributed by atoms with E-state index in [-0.39, 0.29) is 22.2 Å². The highest BCUT2D eigenvalue weighted by molar-refractivity contribution is 7.89. The van der Waals surface area contributed by atoms with Gasteiger partial charge in [0.05, 0.1) is 5.25 Å². The van der Waals surface area contributed by atoms with E-state index in [2.05, 4.69) is 53.4 Å². The fourth-order valence-electron chi connectivity index (χ4n) is 4.30. The topological polar surface area (TPSA) is 40.6 Å².